The van der Waals surface area contributed by atoms with Crippen molar-refractivity contribution in [2.24, 2.45) is 15.7 Å². The lowest BCUT2D eigenvalue weighted by Gasteiger charge is -2.12. The van der Waals surface area contributed by atoms with E-state index in [1.165, 1.54) is 42.6 Å². The van der Waals surface area contributed by atoms with Crippen LogP contribution in [-0.2, 0) is 6.54 Å². The fraction of sp³-hybridized carbons (Fsp3) is 0.0222. The van der Waals surface area contributed by atoms with Crippen molar-refractivity contribution in [1.82, 2.24) is 0 Å². The summed E-state index contributed by atoms with van der Waals surface area (Å²) in [4.78, 5) is 10.3. The molecule has 1 aromatic heterocycles. The minimum atomic E-state index is 0.433. The summed E-state index contributed by atoms with van der Waals surface area (Å²) in [6, 6.07) is 61.2. The maximum atomic E-state index is 6.73. The molecule has 8 rings (SSSR count). The fourth-order valence-corrected chi connectivity index (χ4v) is 7.74. The first-order chi connectivity index (χ1) is 24.2. The van der Waals surface area contributed by atoms with Crippen LogP contribution < -0.4 is 5.73 Å². The average Bonchev–Trinajstić information content (AvgIpc) is 3.57. The van der Waals surface area contributed by atoms with Gasteiger partial charge >= 0.3 is 0 Å². The highest BCUT2D eigenvalue weighted by Gasteiger charge is 2.21. The van der Waals surface area contributed by atoms with Gasteiger partial charge in [0, 0.05) is 36.9 Å². The van der Waals surface area contributed by atoms with Crippen molar-refractivity contribution in [3.63, 3.8) is 0 Å². The molecule has 2 N–H and O–H groups in total. The molecule has 0 aliphatic heterocycles. The Balaban J connectivity index is 1.46. The molecule has 1 heterocycles. The number of hydrogen-bond acceptors (Lipinski definition) is 2. The number of hydrogen-bond donors (Lipinski definition) is 1. The zero-order chi connectivity index (χ0) is 33.0. The zero-order valence-electron chi connectivity index (χ0n) is 26.8. The quantitative estimate of drug-likeness (QED) is 0.136. The molecule has 0 saturated heterocycles. The highest BCUT2D eigenvalue weighted by molar-refractivity contribution is 7.27. The molecule has 0 saturated carbocycles. The molecule has 0 aliphatic carbocycles. The van der Waals surface area contributed by atoms with E-state index >= 15 is 0 Å². The van der Waals surface area contributed by atoms with Crippen molar-refractivity contribution < 1.29 is 0 Å². The smallest absolute Gasteiger partial charge is 0.158 e. The Hall–Kier alpha value is -6.10. The Bertz CT molecular complexity index is 2430. The summed E-state index contributed by atoms with van der Waals surface area (Å²) in [5.74, 6) is 1.04. The van der Waals surface area contributed by atoms with Gasteiger partial charge in [0.25, 0.3) is 0 Å². The molecule has 4 heteroatoms. The predicted octanol–water partition coefficient (Wildman–Crippen LogP) is 11.4. The molecule has 0 unspecified atom stereocenters. The van der Waals surface area contributed by atoms with Gasteiger partial charge in [0.2, 0.25) is 0 Å². The third-order valence-corrected chi connectivity index (χ3v) is 10.1. The summed E-state index contributed by atoms with van der Waals surface area (Å²) < 4.78 is 2.43. The Labute approximate surface area is 290 Å². The van der Waals surface area contributed by atoms with Gasteiger partial charge in [-0.05, 0) is 51.6 Å². The maximum absolute atomic E-state index is 6.73. The van der Waals surface area contributed by atoms with Gasteiger partial charge in [-0.15, -0.1) is 11.3 Å². The van der Waals surface area contributed by atoms with Crippen LogP contribution in [0.3, 0.4) is 0 Å². The fourth-order valence-electron chi connectivity index (χ4n) is 6.36. The number of nitrogens with zero attached hydrogens (tertiary/aromatic N) is 2. The second-order valence-corrected chi connectivity index (χ2v) is 13.0. The Morgan fingerprint density at radius 1 is 0.510 bits per heavy atom. The molecule has 0 spiro atoms. The number of rotatable bonds is 7. The Kier molecular flexibility index (Phi) is 8.37. The first kappa shape index (κ1) is 30.2. The van der Waals surface area contributed by atoms with Crippen LogP contribution in [0.5, 0.6) is 0 Å². The van der Waals surface area contributed by atoms with Gasteiger partial charge in [0.1, 0.15) is 5.84 Å². The minimum absolute atomic E-state index is 0.433. The summed E-state index contributed by atoms with van der Waals surface area (Å²) in [6.45, 7) is 0.482. The molecule has 7 aromatic carbocycles. The molecule has 0 aliphatic rings. The van der Waals surface area contributed by atoms with E-state index in [9.17, 15) is 0 Å². The zero-order valence-corrected chi connectivity index (χ0v) is 27.6. The highest BCUT2D eigenvalue weighted by atomic mass is 32.1. The van der Waals surface area contributed by atoms with E-state index in [-0.39, 0.29) is 0 Å². The third kappa shape index (κ3) is 6.18. The van der Waals surface area contributed by atoms with Gasteiger partial charge in [0.15, 0.2) is 5.84 Å². The van der Waals surface area contributed by atoms with Gasteiger partial charge in [-0.2, -0.15) is 0 Å². The van der Waals surface area contributed by atoms with Crippen LogP contribution >= 0.6 is 11.3 Å². The number of thiophene rings is 1. The lowest BCUT2D eigenvalue weighted by molar-refractivity contribution is 1.06. The average molecular weight is 648 g/mol. The first-order valence-corrected chi connectivity index (χ1v) is 17.2. The van der Waals surface area contributed by atoms with Crippen LogP contribution in [0.4, 0.5) is 0 Å². The molecule has 0 bridgehead atoms. The summed E-state index contributed by atoms with van der Waals surface area (Å²) in [5, 5.41) is 2.31. The third-order valence-electron chi connectivity index (χ3n) is 8.79. The number of fused-ring (bicyclic) bond motifs is 3. The molecule has 0 fully saturated rings. The number of nitrogens with two attached hydrogens (primary N) is 1. The molecule has 0 amide bonds. The van der Waals surface area contributed by atoms with Crippen molar-refractivity contribution in [3.05, 3.63) is 193 Å². The van der Waals surface area contributed by atoms with Gasteiger partial charge in [-0.3, -0.25) is 4.99 Å². The van der Waals surface area contributed by atoms with Crippen LogP contribution in [0.25, 0.3) is 53.6 Å². The molecule has 234 valence electrons. The molecule has 3 nitrogen and oxygen atoms in total. The lowest BCUT2D eigenvalue weighted by atomic mass is 9.93. The van der Waals surface area contributed by atoms with Gasteiger partial charge in [-0.25, -0.2) is 4.99 Å². The summed E-state index contributed by atoms with van der Waals surface area (Å²) in [6.07, 6.45) is 0. The maximum Gasteiger partial charge on any atom is 0.158 e. The second kappa shape index (κ2) is 13.6. The van der Waals surface area contributed by atoms with E-state index in [2.05, 4.69) is 127 Å². The van der Waals surface area contributed by atoms with Gasteiger partial charge in [-0.1, -0.05) is 158 Å². The van der Waals surface area contributed by atoms with Crippen molar-refractivity contribution in [2.75, 3.05) is 0 Å². The summed E-state index contributed by atoms with van der Waals surface area (Å²) in [7, 11) is 0. The van der Waals surface area contributed by atoms with Crippen LogP contribution in [-0.4, -0.2) is 11.7 Å². The molecule has 0 atom stereocenters. The van der Waals surface area contributed by atoms with E-state index in [1.807, 2.05) is 59.9 Å². The normalized spacial score (nSPS) is 12.1. The lowest BCUT2D eigenvalue weighted by Crippen LogP contribution is -2.16. The van der Waals surface area contributed by atoms with Gasteiger partial charge in [0.05, 0.1) is 6.54 Å². The van der Waals surface area contributed by atoms with Crippen molar-refractivity contribution >= 4 is 43.2 Å². The predicted molar refractivity (Wildman–Crippen MR) is 209 cm³/mol. The Morgan fingerprint density at radius 2 is 1.06 bits per heavy atom. The minimum Gasteiger partial charge on any atom is -0.383 e. The van der Waals surface area contributed by atoms with E-state index in [0.29, 0.717) is 18.2 Å². The van der Waals surface area contributed by atoms with E-state index in [4.69, 9.17) is 15.7 Å². The van der Waals surface area contributed by atoms with E-state index < -0.39 is 0 Å². The molecule has 0 radical (unpaired) electrons. The molecular weight excluding hydrogens is 615 g/mol. The number of amidine groups is 2. The highest BCUT2D eigenvalue weighted by Crippen LogP contribution is 2.47. The van der Waals surface area contributed by atoms with Gasteiger partial charge < -0.3 is 5.73 Å². The van der Waals surface area contributed by atoms with Crippen molar-refractivity contribution in [1.29, 1.82) is 0 Å². The largest absolute Gasteiger partial charge is 0.383 e. The molecular formula is C45H33N3S. The first-order valence-electron chi connectivity index (χ1n) is 16.4. The molecule has 8 aromatic rings. The Morgan fingerprint density at radius 3 is 1.69 bits per heavy atom. The topological polar surface area (TPSA) is 50.7 Å². The summed E-state index contributed by atoms with van der Waals surface area (Å²) in [5.41, 5.74) is 16.7. The van der Waals surface area contributed by atoms with Crippen molar-refractivity contribution in [2.45, 2.75) is 6.54 Å². The van der Waals surface area contributed by atoms with E-state index in [0.717, 1.165) is 27.6 Å². The number of aliphatic imine (C=N–C) groups is 2. The number of benzene rings is 7. The molecule has 49 heavy (non-hydrogen) atoms. The van der Waals surface area contributed by atoms with Crippen LogP contribution in [0.1, 0.15) is 16.7 Å². The van der Waals surface area contributed by atoms with Crippen LogP contribution in [0.2, 0.25) is 0 Å². The van der Waals surface area contributed by atoms with Crippen LogP contribution in [0.15, 0.2) is 186 Å². The monoisotopic (exact) mass is 647 g/mol. The van der Waals surface area contributed by atoms with Crippen LogP contribution in [0, 0.1) is 0 Å². The standard InChI is InChI=1S/C45H33N3S/c46-44(35-24-14-5-15-25-35)48-45(47-30-31-16-6-1-7-17-31)38-27-26-37(33-20-10-3-11-21-33)43-41(38)40-29-36(32-18-8-2-9-19-32)28-39(42(40)49-43)34-22-12-4-13-23-34/h1-29H,30H2,(H2,46,47,48). The van der Waals surface area contributed by atoms with E-state index in [1.54, 1.807) is 0 Å². The SMILES string of the molecule is NC(=NC(=NCc1ccccc1)c1ccc(-c2ccccc2)c2sc3c(-c4ccccc4)cc(-c4ccccc4)cc3c12)c1ccccc1. The van der Waals surface area contributed by atoms with Crippen molar-refractivity contribution in [3.8, 4) is 33.4 Å². The summed E-state index contributed by atoms with van der Waals surface area (Å²) >= 11 is 1.84. The second-order valence-electron chi connectivity index (χ2n) is 12.0.